The summed E-state index contributed by atoms with van der Waals surface area (Å²) in [6.07, 6.45) is 2.29. The van der Waals surface area contributed by atoms with Crippen LogP contribution in [0.3, 0.4) is 0 Å². The van der Waals surface area contributed by atoms with Gasteiger partial charge in [0.2, 0.25) is 0 Å². The van der Waals surface area contributed by atoms with E-state index in [9.17, 15) is 0 Å². The van der Waals surface area contributed by atoms with Crippen LogP contribution in [0.5, 0.6) is 0 Å². The molecule has 14 heavy (non-hydrogen) atoms. The molecule has 0 spiro atoms. The molecule has 1 aromatic heterocycles. The van der Waals surface area contributed by atoms with Crippen LogP contribution in [0, 0.1) is 5.92 Å². The summed E-state index contributed by atoms with van der Waals surface area (Å²) in [5.41, 5.74) is 0. The topological polar surface area (TPSA) is 21.3 Å². The Morgan fingerprint density at radius 3 is 3.00 bits per heavy atom. The van der Waals surface area contributed by atoms with Gasteiger partial charge in [0.05, 0.1) is 6.61 Å². The maximum absolute atomic E-state index is 5.59. The molecule has 0 aliphatic carbocycles. The van der Waals surface area contributed by atoms with Crippen molar-refractivity contribution in [2.24, 2.45) is 5.92 Å². The first kappa shape index (κ1) is 10.1. The Labute approximate surface area is 89.3 Å². The van der Waals surface area contributed by atoms with Crippen LogP contribution < -0.4 is 5.32 Å². The molecule has 0 atom stereocenters. The van der Waals surface area contributed by atoms with Gasteiger partial charge < -0.3 is 10.1 Å². The minimum absolute atomic E-state index is 0.872. The molecule has 0 amide bonds. The van der Waals surface area contributed by atoms with E-state index in [1.807, 2.05) is 11.3 Å². The van der Waals surface area contributed by atoms with Crippen LogP contribution in [0.1, 0.15) is 11.3 Å². The maximum Gasteiger partial charge on any atom is 0.0514 e. The van der Waals surface area contributed by atoms with Crippen molar-refractivity contribution in [2.75, 3.05) is 26.3 Å². The lowest BCUT2D eigenvalue weighted by atomic mass is 10.0. The summed E-state index contributed by atoms with van der Waals surface area (Å²) >= 11 is 1.81. The van der Waals surface area contributed by atoms with Crippen LogP contribution in [0.15, 0.2) is 17.5 Å². The molecule has 0 aromatic carbocycles. The number of ether oxygens (including phenoxy) is 1. The molecular formula is C11H17NOS. The molecule has 1 aliphatic rings. The molecule has 0 saturated carbocycles. The normalized spacial score (nSPS) is 16.9. The highest BCUT2D eigenvalue weighted by molar-refractivity contribution is 7.09. The first-order valence-electron chi connectivity index (χ1n) is 5.26. The van der Waals surface area contributed by atoms with Crippen LogP contribution in [-0.4, -0.2) is 26.3 Å². The highest BCUT2D eigenvalue weighted by Crippen LogP contribution is 2.10. The largest absolute Gasteiger partial charge is 0.381 e. The fourth-order valence-corrected chi connectivity index (χ4v) is 2.22. The molecular weight excluding hydrogens is 194 g/mol. The molecule has 0 radical (unpaired) electrons. The lowest BCUT2D eigenvalue weighted by molar-refractivity contribution is 0.114. The second kappa shape index (κ2) is 5.49. The molecule has 0 bridgehead atoms. The van der Waals surface area contributed by atoms with E-state index in [1.165, 1.54) is 24.4 Å². The van der Waals surface area contributed by atoms with Crippen LogP contribution in [0.25, 0.3) is 0 Å². The van der Waals surface area contributed by atoms with Crippen molar-refractivity contribution >= 4 is 11.3 Å². The van der Waals surface area contributed by atoms with Crippen molar-refractivity contribution in [3.63, 3.8) is 0 Å². The average Bonchev–Trinajstić information content (AvgIpc) is 2.60. The van der Waals surface area contributed by atoms with Gasteiger partial charge >= 0.3 is 0 Å². The zero-order valence-electron chi connectivity index (χ0n) is 8.37. The zero-order chi connectivity index (χ0) is 9.64. The van der Waals surface area contributed by atoms with Gasteiger partial charge in [-0.05, 0) is 36.9 Å². The minimum Gasteiger partial charge on any atom is -0.381 e. The SMILES string of the molecule is c1csc(CCOCCC2CNC2)c1. The van der Waals surface area contributed by atoms with Crippen LogP contribution in [-0.2, 0) is 11.2 Å². The van der Waals surface area contributed by atoms with E-state index in [-0.39, 0.29) is 0 Å². The van der Waals surface area contributed by atoms with Gasteiger partial charge in [-0.2, -0.15) is 0 Å². The van der Waals surface area contributed by atoms with E-state index >= 15 is 0 Å². The second-order valence-electron chi connectivity index (χ2n) is 3.75. The monoisotopic (exact) mass is 211 g/mol. The van der Waals surface area contributed by atoms with Crippen molar-refractivity contribution in [3.8, 4) is 0 Å². The summed E-state index contributed by atoms with van der Waals surface area (Å²) in [5, 5.41) is 5.39. The van der Waals surface area contributed by atoms with Crippen molar-refractivity contribution in [1.29, 1.82) is 0 Å². The van der Waals surface area contributed by atoms with Gasteiger partial charge in [-0.3, -0.25) is 0 Å². The highest BCUT2D eigenvalue weighted by atomic mass is 32.1. The molecule has 1 saturated heterocycles. The van der Waals surface area contributed by atoms with Crippen molar-refractivity contribution < 1.29 is 4.74 Å². The Balaban J connectivity index is 1.47. The van der Waals surface area contributed by atoms with Gasteiger partial charge in [-0.15, -0.1) is 11.3 Å². The first-order chi connectivity index (χ1) is 6.95. The fraction of sp³-hybridized carbons (Fsp3) is 0.636. The summed E-state index contributed by atoms with van der Waals surface area (Å²) in [5.74, 6) is 0.872. The first-order valence-corrected chi connectivity index (χ1v) is 6.14. The summed E-state index contributed by atoms with van der Waals surface area (Å²) in [7, 11) is 0. The molecule has 2 rings (SSSR count). The van der Waals surface area contributed by atoms with Crippen molar-refractivity contribution in [1.82, 2.24) is 5.32 Å². The minimum atomic E-state index is 0.872. The van der Waals surface area contributed by atoms with E-state index in [2.05, 4.69) is 22.8 Å². The molecule has 1 aromatic rings. The highest BCUT2D eigenvalue weighted by Gasteiger charge is 2.15. The predicted octanol–water partition coefficient (Wildman–Crippen LogP) is 1.92. The second-order valence-corrected chi connectivity index (χ2v) is 4.79. The van der Waals surface area contributed by atoms with Crippen LogP contribution >= 0.6 is 11.3 Å². The lowest BCUT2D eigenvalue weighted by Gasteiger charge is -2.26. The van der Waals surface area contributed by atoms with Crippen LogP contribution in [0.2, 0.25) is 0 Å². The summed E-state index contributed by atoms with van der Waals surface area (Å²) < 4.78 is 5.59. The standard InChI is InChI=1S/C11H17NOS/c1-2-11(14-7-1)4-6-13-5-3-10-8-12-9-10/h1-2,7,10,12H,3-6,8-9H2. The third-order valence-corrected chi connectivity index (χ3v) is 3.55. The van der Waals surface area contributed by atoms with Gasteiger partial charge in [-0.25, -0.2) is 0 Å². The van der Waals surface area contributed by atoms with Gasteiger partial charge in [0.15, 0.2) is 0 Å². The number of hydrogen-bond acceptors (Lipinski definition) is 3. The Morgan fingerprint density at radius 2 is 2.36 bits per heavy atom. The summed E-state index contributed by atoms with van der Waals surface area (Å²) in [6, 6.07) is 4.27. The van der Waals surface area contributed by atoms with Gasteiger partial charge in [0.25, 0.3) is 0 Å². The Kier molecular flexibility index (Phi) is 3.98. The molecule has 1 fully saturated rings. The predicted molar refractivity (Wildman–Crippen MR) is 59.8 cm³/mol. The van der Waals surface area contributed by atoms with Gasteiger partial charge in [0.1, 0.15) is 0 Å². The van der Waals surface area contributed by atoms with Crippen molar-refractivity contribution in [2.45, 2.75) is 12.8 Å². The van der Waals surface area contributed by atoms with E-state index in [1.54, 1.807) is 0 Å². The third-order valence-electron chi connectivity index (χ3n) is 2.61. The number of nitrogens with one attached hydrogen (secondary N) is 1. The van der Waals surface area contributed by atoms with E-state index < -0.39 is 0 Å². The number of hydrogen-bond donors (Lipinski definition) is 1. The Morgan fingerprint density at radius 1 is 1.43 bits per heavy atom. The zero-order valence-corrected chi connectivity index (χ0v) is 9.19. The smallest absolute Gasteiger partial charge is 0.0514 e. The Hall–Kier alpha value is -0.380. The average molecular weight is 211 g/mol. The number of thiophene rings is 1. The van der Waals surface area contributed by atoms with Gasteiger partial charge in [0, 0.05) is 17.9 Å². The Bertz CT molecular complexity index is 244. The summed E-state index contributed by atoms with van der Waals surface area (Å²) in [6.45, 7) is 4.18. The third kappa shape index (κ3) is 3.08. The van der Waals surface area contributed by atoms with E-state index in [4.69, 9.17) is 4.74 Å². The fourth-order valence-electron chi connectivity index (χ4n) is 1.53. The van der Waals surface area contributed by atoms with Crippen molar-refractivity contribution in [3.05, 3.63) is 22.4 Å². The molecule has 1 aliphatic heterocycles. The number of rotatable bonds is 6. The molecule has 78 valence electrons. The molecule has 1 N–H and O–H groups in total. The van der Waals surface area contributed by atoms with Gasteiger partial charge in [-0.1, -0.05) is 6.07 Å². The molecule has 2 heterocycles. The van der Waals surface area contributed by atoms with E-state index in [0.29, 0.717) is 0 Å². The maximum atomic E-state index is 5.59. The molecule has 0 unspecified atom stereocenters. The van der Waals surface area contributed by atoms with E-state index in [0.717, 1.165) is 25.6 Å². The quantitative estimate of drug-likeness (QED) is 0.726. The summed E-state index contributed by atoms with van der Waals surface area (Å²) in [4.78, 5) is 1.43. The lowest BCUT2D eigenvalue weighted by Crippen LogP contribution is -2.42. The van der Waals surface area contributed by atoms with Crippen LogP contribution in [0.4, 0.5) is 0 Å². The molecule has 2 nitrogen and oxygen atoms in total. The molecule has 3 heteroatoms.